The zero-order valence-electron chi connectivity index (χ0n) is 11.2. The van der Waals surface area contributed by atoms with E-state index in [-0.39, 0.29) is 17.3 Å². The summed E-state index contributed by atoms with van der Waals surface area (Å²) < 4.78 is 13.5. The topological polar surface area (TPSA) is 58.2 Å². The molecule has 0 aromatic heterocycles. The number of nitrogens with one attached hydrogen (secondary N) is 2. The van der Waals surface area contributed by atoms with E-state index in [4.69, 9.17) is 23.2 Å². The molecule has 0 saturated heterocycles. The van der Waals surface area contributed by atoms with Crippen LogP contribution in [-0.4, -0.2) is 11.8 Å². The molecule has 7 heteroatoms. The summed E-state index contributed by atoms with van der Waals surface area (Å²) in [4.78, 5) is 23.3. The van der Waals surface area contributed by atoms with E-state index in [1.54, 1.807) is 24.3 Å². The van der Waals surface area contributed by atoms with E-state index in [0.29, 0.717) is 5.02 Å². The van der Waals surface area contributed by atoms with Gasteiger partial charge in [0.25, 0.3) is 0 Å². The third-order valence-electron chi connectivity index (χ3n) is 2.75. The van der Waals surface area contributed by atoms with Crippen LogP contribution in [0.4, 0.5) is 10.1 Å². The van der Waals surface area contributed by atoms with Crippen molar-refractivity contribution in [3.63, 3.8) is 0 Å². The van der Waals surface area contributed by atoms with Gasteiger partial charge in [-0.1, -0.05) is 35.3 Å². The summed E-state index contributed by atoms with van der Waals surface area (Å²) in [6.45, 7) is 0.159. The van der Waals surface area contributed by atoms with Crippen LogP contribution in [0.3, 0.4) is 0 Å². The standard InChI is InChI=1S/C15H11Cl2FN2O2/c16-10-3-1-9(2-4-10)8-19-14(21)15(22)20-13-6-5-11(17)7-12(13)18/h1-7H,8H2,(H,19,21)(H,20,22). The van der Waals surface area contributed by atoms with Gasteiger partial charge in [-0.15, -0.1) is 0 Å². The smallest absolute Gasteiger partial charge is 0.313 e. The highest BCUT2D eigenvalue weighted by atomic mass is 35.5. The van der Waals surface area contributed by atoms with Gasteiger partial charge in [-0.25, -0.2) is 4.39 Å². The molecule has 0 radical (unpaired) electrons. The van der Waals surface area contributed by atoms with Crippen molar-refractivity contribution < 1.29 is 14.0 Å². The predicted octanol–water partition coefficient (Wildman–Crippen LogP) is 3.39. The fourth-order valence-corrected chi connectivity index (χ4v) is 1.92. The maximum Gasteiger partial charge on any atom is 0.313 e. The normalized spacial score (nSPS) is 10.1. The van der Waals surface area contributed by atoms with Crippen LogP contribution in [0.15, 0.2) is 42.5 Å². The number of halogens is 3. The Kier molecular flexibility index (Phi) is 5.35. The van der Waals surface area contributed by atoms with Crippen molar-refractivity contribution in [2.45, 2.75) is 6.54 Å². The Morgan fingerprint density at radius 3 is 2.23 bits per heavy atom. The van der Waals surface area contributed by atoms with Crippen LogP contribution in [-0.2, 0) is 16.1 Å². The van der Waals surface area contributed by atoms with Crippen molar-refractivity contribution in [3.05, 3.63) is 63.9 Å². The molecule has 4 nitrogen and oxygen atoms in total. The van der Waals surface area contributed by atoms with Gasteiger partial charge < -0.3 is 10.6 Å². The number of carbonyl (C=O) groups excluding carboxylic acids is 2. The second-order valence-corrected chi connectivity index (χ2v) is 5.26. The zero-order chi connectivity index (χ0) is 16.1. The average molecular weight is 341 g/mol. The van der Waals surface area contributed by atoms with Gasteiger partial charge in [-0.05, 0) is 35.9 Å². The summed E-state index contributed by atoms with van der Waals surface area (Å²) >= 11 is 11.3. The minimum absolute atomic E-state index is 0.115. The summed E-state index contributed by atoms with van der Waals surface area (Å²) in [7, 11) is 0. The monoisotopic (exact) mass is 340 g/mol. The van der Waals surface area contributed by atoms with Crippen LogP contribution in [0.1, 0.15) is 5.56 Å². The maximum absolute atomic E-state index is 13.5. The summed E-state index contributed by atoms with van der Waals surface area (Å²) in [6, 6.07) is 10.5. The van der Waals surface area contributed by atoms with Gasteiger partial charge in [-0.2, -0.15) is 0 Å². The van der Waals surface area contributed by atoms with Gasteiger partial charge in [0.05, 0.1) is 5.69 Å². The van der Waals surface area contributed by atoms with E-state index in [0.717, 1.165) is 11.6 Å². The quantitative estimate of drug-likeness (QED) is 0.841. The molecule has 2 rings (SSSR count). The highest BCUT2D eigenvalue weighted by Crippen LogP contribution is 2.18. The molecule has 0 unspecified atom stereocenters. The summed E-state index contributed by atoms with van der Waals surface area (Å²) in [5.41, 5.74) is 0.666. The predicted molar refractivity (Wildman–Crippen MR) is 83.3 cm³/mol. The Morgan fingerprint density at radius 1 is 0.955 bits per heavy atom. The van der Waals surface area contributed by atoms with Crippen molar-refractivity contribution >= 4 is 40.7 Å². The third-order valence-corrected chi connectivity index (χ3v) is 3.24. The zero-order valence-corrected chi connectivity index (χ0v) is 12.7. The molecule has 2 aromatic carbocycles. The number of benzene rings is 2. The highest BCUT2D eigenvalue weighted by Gasteiger charge is 2.15. The van der Waals surface area contributed by atoms with E-state index in [1.807, 2.05) is 0 Å². The number of amides is 2. The minimum atomic E-state index is -0.963. The van der Waals surface area contributed by atoms with E-state index >= 15 is 0 Å². The van der Waals surface area contributed by atoms with Gasteiger partial charge in [0, 0.05) is 16.6 Å². The Morgan fingerprint density at radius 2 is 1.59 bits per heavy atom. The first-order valence-corrected chi connectivity index (χ1v) is 7.00. The Hall–Kier alpha value is -2.11. The third kappa shape index (κ3) is 4.44. The molecule has 0 spiro atoms. The van der Waals surface area contributed by atoms with Gasteiger partial charge in [-0.3, -0.25) is 9.59 Å². The molecule has 22 heavy (non-hydrogen) atoms. The molecular weight excluding hydrogens is 330 g/mol. The lowest BCUT2D eigenvalue weighted by Crippen LogP contribution is -2.35. The van der Waals surface area contributed by atoms with E-state index < -0.39 is 17.6 Å². The second kappa shape index (κ2) is 7.24. The molecule has 0 aliphatic rings. The van der Waals surface area contributed by atoms with Crippen molar-refractivity contribution in [1.82, 2.24) is 5.32 Å². The van der Waals surface area contributed by atoms with E-state index in [1.165, 1.54) is 12.1 Å². The molecule has 2 N–H and O–H groups in total. The van der Waals surface area contributed by atoms with E-state index in [9.17, 15) is 14.0 Å². The SMILES string of the molecule is O=C(NCc1ccc(Cl)cc1)C(=O)Nc1ccc(Cl)cc1F. The molecule has 0 atom stereocenters. The van der Waals surface area contributed by atoms with Crippen LogP contribution in [0, 0.1) is 5.82 Å². The first-order chi connectivity index (χ1) is 10.5. The first-order valence-electron chi connectivity index (χ1n) is 6.24. The molecule has 0 fully saturated rings. The number of anilines is 1. The molecule has 0 aliphatic heterocycles. The van der Waals surface area contributed by atoms with Gasteiger partial charge >= 0.3 is 11.8 Å². The molecule has 114 valence electrons. The number of carbonyl (C=O) groups is 2. The summed E-state index contributed by atoms with van der Waals surface area (Å²) in [5.74, 6) is -2.55. The second-order valence-electron chi connectivity index (χ2n) is 4.39. The molecule has 0 heterocycles. The number of hydrogen-bond acceptors (Lipinski definition) is 2. The van der Waals surface area contributed by atoms with Gasteiger partial charge in [0.2, 0.25) is 0 Å². The van der Waals surface area contributed by atoms with Crippen molar-refractivity contribution in [3.8, 4) is 0 Å². The fraction of sp³-hybridized carbons (Fsp3) is 0.0667. The fourth-order valence-electron chi connectivity index (χ4n) is 1.63. The first kappa shape index (κ1) is 16.3. The Bertz CT molecular complexity index is 705. The van der Waals surface area contributed by atoms with Crippen molar-refractivity contribution in [1.29, 1.82) is 0 Å². The Labute approximate surface area is 136 Å². The van der Waals surface area contributed by atoms with Crippen molar-refractivity contribution in [2.24, 2.45) is 0 Å². The average Bonchev–Trinajstić information content (AvgIpc) is 2.49. The number of hydrogen-bond donors (Lipinski definition) is 2. The minimum Gasteiger partial charge on any atom is -0.344 e. The van der Waals surface area contributed by atoms with Crippen LogP contribution in [0.2, 0.25) is 10.0 Å². The maximum atomic E-state index is 13.5. The van der Waals surface area contributed by atoms with Crippen LogP contribution in [0.25, 0.3) is 0 Å². The molecule has 0 aliphatic carbocycles. The molecule has 0 bridgehead atoms. The number of rotatable bonds is 3. The summed E-state index contributed by atoms with van der Waals surface area (Å²) in [6.07, 6.45) is 0. The van der Waals surface area contributed by atoms with Crippen molar-refractivity contribution in [2.75, 3.05) is 5.32 Å². The van der Waals surface area contributed by atoms with E-state index in [2.05, 4.69) is 10.6 Å². The lowest BCUT2D eigenvalue weighted by atomic mass is 10.2. The molecule has 2 aromatic rings. The Balaban J connectivity index is 1.92. The largest absolute Gasteiger partial charge is 0.344 e. The lowest BCUT2D eigenvalue weighted by molar-refractivity contribution is -0.136. The van der Waals surface area contributed by atoms with Crippen LogP contribution < -0.4 is 10.6 Å². The van der Waals surface area contributed by atoms with Gasteiger partial charge in [0.1, 0.15) is 5.82 Å². The van der Waals surface area contributed by atoms with Gasteiger partial charge in [0.15, 0.2) is 0 Å². The summed E-state index contributed by atoms with van der Waals surface area (Å²) in [5, 5.41) is 5.38. The molecule has 0 saturated carbocycles. The highest BCUT2D eigenvalue weighted by molar-refractivity contribution is 6.39. The van der Waals surface area contributed by atoms with Crippen LogP contribution >= 0.6 is 23.2 Å². The van der Waals surface area contributed by atoms with Crippen LogP contribution in [0.5, 0.6) is 0 Å². The lowest BCUT2D eigenvalue weighted by Gasteiger charge is -2.07. The molecular formula is C15H11Cl2FN2O2. The molecule has 2 amide bonds.